The van der Waals surface area contributed by atoms with Gasteiger partial charge < -0.3 is 10.2 Å². The van der Waals surface area contributed by atoms with Gasteiger partial charge in [0.25, 0.3) is 5.69 Å². The second-order valence-corrected chi connectivity index (χ2v) is 4.79. The minimum atomic E-state index is -0.477. The van der Waals surface area contributed by atoms with Crippen LogP contribution in [0.2, 0.25) is 0 Å². The molecule has 2 aromatic rings. The van der Waals surface area contributed by atoms with E-state index in [-0.39, 0.29) is 18.0 Å². The van der Waals surface area contributed by atoms with E-state index >= 15 is 0 Å². The third kappa shape index (κ3) is 3.49. The predicted octanol–water partition coefficient (Wildman–Crippen LogP) is 3.08. The molecule has 0 spiro atoms. The van der Waals surface area contributed by atoms with Gasteiger partial charge in [0.05, 0.1) is 4.92 Å². The summed E-state index contributed by atoms with van der Waals surface area (Å²) < 4.78 is 5.66. The van der Waals surface area contributed by atoms with Crippen molar-refractivity contribution in [1.29, 1.82) is 0 Å². The Hall–Kier alpha value is -2.60. The summed E-state index contributed by atoms with van der Waals surface area (Å²) in [7, 11) is 0. The summed E-state index contributed by atoms with van der Waals surface area (Å²) in [6, 6.07) is 10.6. The van der Waals surface area contributed by atoms with Crippen LogP contribution in [0.4, 0.5) is 11.4 Å². The van der Waals surface area contributed by atoms with Crippen LogP contribution < -0.4 is 16.0 Å². The molecule has 6 nitrogen and oxygen atoms in total. The van der Waals surface area contributed by atoms with Crippen molar-refractivity contribution in [2.45, 2.75) is 20.5 Å². The fraction of sp³-hybridized carbons (Fsp3) is 0.200. The van der Waals surface area contributed by atoms with Gasteiger partial charge in [0, 0.05) is 6.07 Å². The summed E-state index contributed by atoms with van der Waals surface area (Å²) in [5, 5.41) is 11.0. The zero-order chi connectivity index (χ0) is 15.4. The number of ether oxygens (including phenoxy) is 1. The van der Waals surface area contributed by atoms with Crippen LogP contribution in [-0.2, 0) is 6.61 Å². The lowest BCUT2D eigenvalue weighted by Crippen LogP contribution is -2.09. The van der Waals surface area contributed by atoms with E-state index in [1.807, 2.05) is 32.0 Å². The van der Waals surface area contributed by atoms with Gasteiger partial charge >= 0.3 is 0 Å². The van der Waals surface area contributed by atoms with E-state index in [9.17, 15) is 10.1 Å². The lowest BCUT2D eigenvalue weighted by Gasteiger charge is -2.09. The topological polar surface area (TPSA) is 90.4 Å². The number of nitro groups is 1. The highest BCUT2D eigenvalue weighted by atomic mass is 16.6. The molecule has 0 bridgehead atoms. The Morgan fingerprint density at radius 2 is 1.95 bits per heavy atom. The number of hydrazine groups is 1. The van der Waals surface area contributed by atoms with Crippen molar-refractivity contribution in [3.05, 3.63) is 63.2 Å². The van der Waals surface area contributed by atoms with Crippen molar-refractivity contribution in [2.75, 3.05) is 5.43 Å². The van der Waals surface area contributed by atoms with Crippen LogP contribution >= 0.6 is 0 Å². The second-order valence-electron chi connectivity index (χ2n) is 4.79. The van der Waals surface area contributed by atoms with Crippen LogP contribution in [0, 0.1) is 24.0 Å². The number of nitrogens with one attached hydrogen (secondary N) is 1. The Labute approximate surface area is 122 Å². The fourth-order valence-corrected chi connectivity index (χ4v) is 1.91. The molecule has 0 saturated heterocycles. The zero-order valence-electron chi connectivity index (χ0n) is 11.9. The molecular formula is C15H17N3O3. The average Bonchev–Trinajstić information content (AvgIpc) is 2.48. The Balaban J connectivity index is 2.14. The van der Waals surface area contributed by atoms with Crippen LogP contribution in [0.5, 0.6) is 5.75 Å². The summed E-state index contributed by atoms with van der Waals surface area (Å²) in [6.07, 6.45) is 0. The largest absolute Gasteiger partial charge is 0.489 e. The zero-order valence-corrected chi connectivity index (χ0v) is 11.9. The lowest BCUT2D eigenvalue weighted by molar-refractivity contribution is -0.384. The molecule has 0 atom stereocenters. The van der Waals surface area contributed by atoms with Gasteiger partial charge in [-0.1, -0.05) is 12.1 Å². The average molecular weight is 287 g/mol. The molecule has 0 radical (unpaired) electrons. The summed E-state index contributed by atoms with van der Waals surface area (Å²) in [6.45, 7) is 4.30. The van der Waals surface area contributed by atoms with Crippen molar-refractivity contribution >= 4 is 11.4 Å². The standard InChI is InChI=1S/C15H17N3O3/c1-10-3-5-13(7-11(10)2)21-9-12-4-6-14(17-16)15(8-12)18(19)20/h3-8,17H,9,16H2,1-2H3. The van der Waals surface area contributed by atoms with Crippen LogP contribution in [0.25, 0.3) is 0 Å². The van der Waals surface area contributed by atoms with E-state index in [1.54, 1.807) is 12.1 Å². The number of nitrogens with two attached hydrogens (primary N) is 1. The van der Waals surface area contributed by atoms with Gasteiger partial charge in [0.2, 0.25) is 0 Å². The highest BCUT2D eigenvalue weighted by molar-refractivity contribution is 5.61. The number of anilines is 1. The number of hydrogen-bond acceptors (Lipinski definition) is 5. The van der Waals surface area contributed by atoms with Crippen molar-refractivity contribution in [1.82, 2.24) is 0 Å². The number of nitrogens with zero attached hydrogens (tertiary/aromatic N) is 1. The summed E-state index contributed by atoms with van der Waals surface area (Å²) in [5.41, 5.74) is 5.55. The van der Waals surface area contributed by atoms with E-state index in [4.69, 9.17) is 10.6 Å². The Kier molecular flexibility index (Phi) is 4.39. The number of aryl methyl sites for hydroxylation is 2. The first kappa shape index (κ1) is 14.8. The van der Waals surface area contributed by atoms with E-state index in [0.29, 0.717) is 5.56 Å². The van der Waals surface area contributed by atoms with Crippen molar-refractivity contribution < 1.29 is 9.66 Å². The minimum Gasteiger partial charge on any atom is -0.489 e. The summed E-state index contributed by atoms with van der Waals surface area (Å²) in [5.74, 6) is 5.99. The number of benzene rings is 2. The molecule has 6 heteroatoms. The molecule has 0 aromatic heterocycles. The second kappa shape index (κ2) is 6.23. The molecule has 0 fully saturated rings. The molecule has 0 heterocycles. The number of nitrogen functional groups attached to an aromatic ring is 1. The third-order valence-corrected chi connectivity index (χ3v) is 3.30. The molecule has 21 heavy (non-hydrogen) atoms. The summed E-state index contributed by atoms with van der Waals surface area (Å²) in [4.78, 5) is 10.5. The fourth-order valence-electron chi connectivity index (χ4n) is 1.91. The van der Waals surface area contributed by atoms with E-state index < -0.39 is 4.92 Å². The van der Waals surface area contributed by atoms with Crippen LogP contribution in [-0.4, -0.2) is 4.92 Å². The molecule has 0 aliphatic carbocycles. The van der Waals surface area contributed by atoms with Crippen molar-refractivity contribution in [3.8, 4) is 5.75 Å². The van der Waals surface area contributed by atoms with Gasteiger partial charge in [-0.25, -0.2) is 0 Å². The molecule has 0 amide bonds. The van der Waals surface area contributed by atoms with Gasteiger partial charge in [0.15, 0.2) is 0 Å². The highest BCUT2D eigenvalue weighted by Gasteiger charge is 2.13. The normalized spacial score (nSPS) is 10.2. The molecule has 2 rings (SSSR count). The van der Waals surface area contributed by atoms with Gasteiger partial charge in [-0.3, -0.25) is 16.0 Å². The molecule has 3 N–H and O–H groups in total. The Morgan fingerprint density at radius 1 is 1.19 bits per heavy atom. The van der Waals surface area contributed by atoms with E-state index in [1.165, 1.54) is 11.6 Å². The Morgan fingerprint density at radius 3 is 2.57 bits per heavy atom. The maximum Gasteiger partial charge on any atom is 0.294 e. The van der Waals surface area contributed by atoms with E-state index in [0.717, 1.165) is 11.3 Å². The summed E-state index contributed by atoms with van der Waals surface area (Å²) >= 11 is 0. The molecule has 0 aliphatic rings. The van der Waals surface area contributed by atoms with Gasteiger partial charge in [-0.15, -0.1) is 0 Å². The van der Waals surface area contributed by atoms with Crippen LogP contribution in [0.3, 0.4) is 0 Å². The highest BCUT2D eigenvalue weighted by Crippen LogP contribution is 2.25. The van der Waals surface area contributed by atoms with Crippen molar-refractivity contribution in [3.63, 3.8) is 0 Å². The first-order valence-electron chi connectivity index (χ1n) is 6.45. The maximum absolute atomic E-state index is 11.0. The SMILES string of the molecule is Cc1ccc(OCc2ccc(NN)c([N+](=O)[O-])c2)cc1C. The molecule has 0 unspecified atom stereocenters. The molecule has 0 saturated carbocycles. The van der Waals surface area contributed by atoms with Crippen molar-refractivity contribution in [2.24, 2.45) is 5.84 Å². The molecular weight excluding hydrogens is 270 g/mol. The Bertz CT molecular complexity index is 671. The molecule has 110 valence electrons. The van der Waals surface area contributed by atoms with Crippen LogP contribution in [0.1, 0.15) is 16.7 Å². The quantitative estimate of drug-likeness (QED) is 0.501. The number of rotatable bonds is 5. The lowest BCUT2D eigenvalue weighted by atomic mass is 10.1. The van der Waals surface area contributed by atoms with Gasteiger partial charge in [-0.05, 0) is 48.7 Å². The van der Waals surface area contributed by atoms with Gasteiger partial charge in [0.1, 0.15) is 18.0 Å². The molecule has 0 aliphatic heterocycles. The molecule has 2 aromatic carbocycles. The van der Waals surface area contributed by atoms with Crippen LogP contribution in [0.15, 0.2) is 36.4 Å². The predicted molar refractivity (Wildman–Crippen MR) is 81.2 cm³/mol. The minimum absolute atomic E-state index is 0.0707. The first-order chi connectivity index (χ1) is 10.0. The number of hydrogen-bond donors (Lipinski definition) is 2. The number of nitro benzene ring substituents is 1. The first-order valence-corrected chi connectivity index (χ1v) is 6.45. The van der Waals surface area contributed by atoms with Gasteiger partial charge in [-0.2, -0.15) is 0 Å². The third-order valence-electron chi connectivity index (χ3n) is 3.30. The van der Waals surface area contributed by atoms with E-state index in [2.05, 4.69) is 5.43 Å². The monoisotopic (exact) mass is 287 g/mol. The maximum atomic E-state index is 11.0. The smallest absolute Gasteiger partial charge is 0.294 e.